The number of carbonyl (C=O) groups excluding carboxylic acids is 1. The van der Waals surface area contributed by atoms with Gasteiger partial charge < -0.3 is 9.84 Å². The van der Waals surface area contributed by atoms with Gasteiger partial charge in [0.05, 0.1) is 37.4 Å². The Kier molecular flexibility index (Phi) is 10.4. The van der Waals surface area contributed by atoms with Gasteiger partial charge in [-0.2, -0.15) is 8.15 Å². The first-order valence-corrected chi connectivity index (χ1v) is 8.29. The normalized spacial score (nSPS) is 14.5. The fourth-order valence-corrected chi connectivity index (χ4v) is 2.39. The van der Waals surface area contributed by atoms with Crippen molar-refractivity contribution in [2.75, 3.05) is 13.7 Å². The quantitative estimate of drug-likeness (QED) is 0.342. The second-order valence-corrected chi connectivity index (χ2v) is 6.67. The number of phosphoric acid groups is 1. The Morgan fingerprint density at radius 3 is 2.22 bits per heavy atom. The van der Waals surface area contributed by atoms with Crippen molar-refractivity contribution in [2.24, 2.45) is 5.92 Å². The zero-order chi connectivity index (χ0) is 18.0. The molecule has 0 aliphatic carbocycles. The number of carbonyl (C=O) groups is 2. The van der Waals surface area contributed by atoms with E-state index in [1.165, 1.54) is 33.1 Å². The number of allylic oxidation sites excluding steroid dienone is 1. The van der Waals surface area contributed by atoms with E-state index in [9.17, 15) is 14.2 Å². The van der Waals surface area contributed by atoms with Gasteiger partial charge in [-0.3, -0.25) is 4.52 Å². The number of rotatable bonds is 10. The van der Waals surface area contributed by atoms with Crippen molar-refractivity contribution in [1.29, 1.82) is 0 Å². The number of methoxy groups -OCH3 is 1. The zero-order valence-corrected chi connectivity index (χ0v) is 15.1. The predicted molar refractivity (Wildman–Crippen MR) is 82.7 cm³/mol. The highest BCUT2D eigenvalue weighted by Gasteiger charge is 2.28. The lowest BCUT2D eigenvalue weighted by Gasteiger charge is -2.15. The third kappa shape index (κ3) is 8.50. The lowest BCUT2D eigenvalue weighted by Crippen LogP contribution is -2.10. The summed E-state index contributed by atoms with van der Waals surface area (Å²) in [4.78, 5) is 22.2. The van der Waals surface area contributed by atoms with E-state index in [1.807, 2.05) is 0 Å². The Labute approximate surface area is 143 Å². The molecule has 0 spiro atoms. The predicted octanol–water partition coefficient (Wildman–Crippen LogP) is 3.61. The molecule has 0 fully saturated rings. The molecule has 0 heterocycles. The van der Waals surface area contributed by atoms with Gasteiger partial charge in [0.1, 0.15) is 0 Å². The average Bonchev–Trinajstić information content (AvgIpc) is 2.55. The number of hydrogen-bond donors (Lipinski definition) is 1. The van der Waals surface area contributed by atoms with Crippen LogP contribution in [0.3, 0.4) is 0 Å². The first-order valence-electron chi connectivity index (χ1n) is 6.21. The Hall–Kier alpha value is -0.890. The summed E-state index contributed by atoms with van der Waals surface area (Å²) in [5.41, 5.74) is 0.361. The molecule has 0 saturated heterocycles. The van der Waals surface area contributed by atoms with Crippen molar-refractivity contribution in [3.05, 3.63) is 23.3 Å². The number of esters is 1. The second-order valence-electron chi connectivity index (χ2n) is 4.41. The van der Waals surface area contributed by atoms with E-state index in [4.69, 9.17) is 33.4 Å². The van der Waals surface area contributed by atoms with E-state index in [2.05, 4.69) is 12.9 Å². The van der Waals surface area contributed by atoms with Crippen molar-refractivity contribution < 1.29 is 36.7 Å². The van der Waals surface area contributed by atoms with Crippen molar-refractivity contribution in [3.63, 3.8) is 0 Å². The molecule has 1 atom stereocenters. The third-order valence-corrected chi connectivity index (χ3v) is 4.49. The fraction of sp³-hybridized carbons (Fsp3) is 0.500. The maximum atomic E-state index is 11.6. The van der Waals surface area contributed by atoms with Crippen LogP contribution in [-0.4, -0.2) is 30.8 Å². The summed E-state index contributed by atoms with van der Waals surface area (Å²) in [6.45, 7) is 2.66. The fourth-order valence-electron chi connectivity index (χ4n) is 1.42. The van der Waals surface area contributed by atoms with Gasteiger partial charge >= 0.3 is 19.8 Å². The Bertz CT molecular complexity index is 523. The van der Waals surface area contributed by atoms with Crippen LogP contribution in [-0.2, 0) is 31.6 Å². The van der Waals surface area contributed by atoms with Crippen LogP contribution < -0.4 is 0 Å². The summed E-state index contributed by atoms with van der Waals surface area (Å²) < 4.78 is 29.1. The first-order chi connectivity index (χ1) is 10.7. The average molecular weight is 391 g/mol. The van der Waals surface area contributed by atoms with Crippen LogP contribution in [0, 0.1) is 5.92 Å². The highest BCUT2D eigenvalue weighted by Crippen LogP contribution is 2.52. The number of aliphatic carboxylic acids is 1. The van der Waals surface area contributed by atoms with Crippen LogP contribution in [0.1, 0.15) is 20.3 Å². The molecule has 11 heteroatoms. The van der Waals surface area contributed by atoms with E-state index >= 15 is 0 Å². The first kappa shape index (κ1) is 22.1. The third-order valence-electron chi connectivity index (χ3n) is 2.67. The zero-order valence-electron chi connectivity index (χ0n) is 12.7. The summed E-state index contributed by atoms with van der Waals surface area (Å²) in [6.07, 6.45) is 3.08. The van der Waals surface area contributed by atoms with Gasteiger partial charge in [-0.15, -0.1) is 0 Å². The summed E-state index contributed by atoms with van der Waals surface area (Å²) in [7, 11) is -2.91. The molecule has 23 heavy (non-hydrogen) atoms. The molecule has 0 bridgehead atoms. The molecule has 0 aliphatic rings. The molecule has 0 aromatic rings. The van der Waals surface area contributed by atoms with Crippen LogP contribution >= 0.6 is 31.6 Å². The maximum Gasteiger partial charge on any atom is 0.507 e. The van der Waals surface area contributed by atoms with E-state index in [0.717, 1.165) is 0 Å². The minimum atomic E-state index is -4.13. The molecule has 132 valence electrons. The van der Waals surface area contributed by atoms with E-state index in [1.54, 1.807) is 0 Å². The number of halogens is 2. The molecule has 1 N–H and O–H groups in total. The molecule has 0 aromatic heterocycles. The van der Waals surface area contributed by atoms with Crippen LogP contribution in [0.5, 0.6) is 0 Å². The van der Waals surface area contributed by atoms with Crippen LogP contribution in [0.25, 0.3) is 0 Å². The Balaban J connectivity index is 5.15. The molecular formula is C12H17Cl2O8P. The summed E-state index contributed by atoms with van der Waals surface area (Å²) >= 11 is 9.93. The number of carboxylic acids is 1. The van der Waals surface area contributed by atoms with Crippen molar-refractivity contribution in [1.82, 2.24) is 0 Å². The summed E-state index contributed by atoms with van der Waals surface area (Å²) in [6, 6.07) is 0. The summed E-state index contributed by atoms with van der Waals surface area (Å²) in [5, 5.41) is 8.83. The largest absolute Gasteiger partial charge is 0.507 e. The van der Waals surface area contributed by atoms with E-state index < -0.39 is 25.7 Å². The lowest BCUT2D eigenvalue weighted by molar-refractivity contribution is -0.136. The molecule has 0 saturated carbocycles. The molecule has 0 aliphatic heterocycles. The van der Waals surface area contributed by atoms with Gasteiger partial charge in [0.15, 0.2) is 0 Å². The molecule has 0 radical (unpaired) electrons. The number of ether oxygens (including phenoxy) is 1. The summed E-state index contributed by atoms with van der Waals surface area (Å²) in [5.74, 6) is -2.19. The Morgan fingerprint density at radius 1 is 1.22 bits per heavy atom. The van der Waals surface area contributed by atoms with Gasteiger partial charge in [0, 0.05) is 17.1 Å². The van der Waals surface area contributed by atoms with Crippen LogP contribution in [0.15, 0.2) is 23.3 Å². The highest BCUT2D eigenvalue weighted by molar-refractivity contribution is 7.50. The van der Waals surface area contributed by atoms with Gasteiger partial charge in [-0.05, 0) is 20.3 Å². The monoisotopic (exact) mass is 390 g/mol. The van der Waals surface area contributed by atoms with Gasteiger partial charge in [-0.1, -0.05) is 12.2 Å². The molecule has 0 amide bonds. The minimum absolute atomic E-state index is 0.101. The SMILES string of the molecule is COC(=O)C(C)=CC(CC=C(C)C(=O)O)COP(=O)(OCl)OCl. The molecular weight excluding hydrogens is 374 g/mol. The maximum absolute atomic E-state index is 11.6. The molecule has 0 aromatic carbocycles. The van der Waals surface area contributed by atoms with Gasteiger partial charge in [0.25, 0.3) is 0 Å². The van der Waals surface area contributed by atoms with E-state index in [0.29, 0.717) is 0 Å². The van der Waals surface area contributed by atoms with Crippen LogP contribution in [0.4, 0.5) is 0 Å². The number of carboxylic acid groups (broad SMARTS) is 1. The van der Waals surface area contributed by atoms with E-state index in [-0.39, 0.29) is 24.2 Å². The highest BCUT2D eigenvalue weighted by atomic mass is 35.5. The van der Waals surface area contributed by atoms with Crippen molar-refractivity contribution in [2.45, 2.75) is 20.3 Å². The lowest BCUT2D eigenvalue weighted by atomic mass is 10.0. The smallest absolute Gasteiger partial charge is 0.478 e. The molecule has 1 unspecified atom stereocenters. The van der Waals surface area contributed by atoms with Gasteiger partial charge in [0.2, 0.25) is 0 Å². The Morgan fingerprint density at radius 2 is 1.78 bits per heavy atom. The van der Waals surface area contributed by atoms with Gasteiger partial charge in [-0.25, -0.2) is 14.2 Å². The molecule has 0 rings (SSSR count). The van der Waals surface area contributed by atoms with Crippen molar-refractivity contribution in [3.8, 4) is 0 Å². The number of hydrogen-bond acceptors (Lipinski definition) is 7. The molecule has 8 nitrogen and oxygen atoms in total. The van der Waals surface area contributed by atoms with Crippen molar-refractivity contribution >= 4 is 43.5 Å². The van der Waals surface area contributed by atoms with Crippen LogP contribution in [0.2, 0.25) is 0 Å². The minimum Gasteiger partial charge on any atom is -0.478 e. The topological polar surface area (TPSA) is 108 Å². The second kappa shape index (κ2) is 10.8. The standard InChI is InChI=1S/C12H17Cl2O8P/c1-8(11(15)16)4-5-10(6-9(2)12(17)19-3)7-20-23(18,21-13)22-14/h4,6,10H,5,7H2,1-3H3,(H,15,16).